The number of hydrogen-bond acceptors (Lipinski definition) is 8. The van der Waals surface area contributed by atoms with E-state index in [9.17, 15) is 4.79 Å². The minimum absolute atomic E-state index is 0.0855. The maximum atomic E-state index is 12.3. The topological polar surface area (TPSA) is 90.6 Å². The molecule has 1 aliphatic heterocycles. The third-order valence-corrected chi connectivity index (χ3v) is 7.56. The van der Waals surface area contributed by atoms with Crippen molar-refractivity contribution < 1.29 is 14.3 Å². The van der Waals surface area contributed by atoms with Crippen molar-refractivity contribution in [2.75, 3.05) is 19.5 Å². The van der Waals surface area contributed by atoms with Crippen LogP contribution in [0.4, 0.5) is 11.4 Å². The first-order chi connectivity index (χ1) is 17.4. The standard InChI is InChI=1S/C27H27N5O3S/c1-15-16(2)36-27-24(15)25(29-22(14-23(33)35-5)26-31-30-17(3)32(26)27)18-6-8-19(9-7-18)28-20-10-12-21(34-4)13-11-20/h6-13,22,28H,14H2,1-5H3/t22-/m0/s1. The minimum Gasteiger partial charge on any atom is -0.497 e. The number of methoxy groups -OCH3 is 2. The number of fused-ring (bicyclic) bond motifs is 3. The molecule has 0 fully saturated rings. The summed E-state index contributed by atoms with van der Waals surface area (Å²) in [5, 5.41) is 13.2. The first-order valence-corrected chi connectivity index (χ1v) is 12.4. The number of carbonyl (C=O) groups excluding carboxylic acids is 1. The second-order valence-corrected chi connectivity index (χ2v) is 9.81. The van der Waals surface area contributed by atoms with Gasteiger partial charge in [-0.15, -0.1) is 21.5 Å². The Kier molecular flexibility index (Phi) is 6.32. The number of ether oxygens (including phenoxy) is 2. The molecule has 0 unspecified atom stereocenters. The molecule has 184 valence electrons. The summed E-state index contributed by atoms with van der Waals surface area (Å²) in [7, 11) is 3.04. The van der Waals surface area contributed by atoms with Crippen LogP contribution in [0.1, 0.15) is 45.7 Å². The van der Waals surface area contributed by atoms with Gasteiger partial charge in [0, 0.05) is 27.4 Å². The van der Waals surface area contributed by atoms with Crippen LogP contribution in [0.25, 0.3) is 5.00 Å². The highest BCUT2D eigenvalue weighted by Gasteiger charge is 2.32. The Labute approximate surface area is 213 Å². The number of aliphatic imine (C=N–C) groups is 1. The van der Waals surface area contributed by atoms with Crippen molar-refractivity contribution in [1.82, 2.24) is 14.8 Å². The van der Waals surface area contributed by atoms with Crippen LogP contribution in [0.2, 0.25) is 0 Å². The van der Waals surface area contributed by atoms with E-state index >= 15 is 0 Å². The normalized spacial score (nSPS) is 14.4. The first-order valence-electron chi connectivity index (χ1n) is 11.6. The average Bonchev–Trinajstić information content (AvgIpc) is 3.37. The highest BCUT2D eigenvalue weighted by molar-refractivity contribution is 7.15. The summed E-state index contributed by atoms with van der Waals surface area (Å²) in [4.78, 5) is 18.6. The van der Waals surface area contributed by atoms with Crippen LogP contribution in [-0.2, 0) is 9.53 Å². The Morgan fingerprint density at radius 3 is 2.31 bits per heavy atom. The Morgan fingerprint density at radius 1 is 1.00 bits per heavy atom. The van der Waals surface area contributed by atoms with Crippen molar-refractivity contribution in [2.45, 2.75) is 33.2 Å². The Morgan fingerprint density at radius 2 is 1.67 bits per heavy atom. The quantitative estimate of drug-likeness (QED) is 0.353. The molecule has 0 saturated carbocycles. The van der Waals surface area contributed by atoms with Crippen LogP contribution in [0.15, 0.2) is 53.5 Å². The lowest BCUT2D eigenvalue weighted by Crippen LogP contribution is -2.12. The molecule has 0 amide bonds. The van der Waals surface area contributed by atoms with Gasteiger partial charge in [0.1, 0.15) is 22.6 Å². The highest BCUT2D eigenvalue weighted by atomic mass is 32.1. The predicted octanol–water partition coefficient (Wildman–Crippen LogP) is 5.46. The van der Waals surface area contributed by atoms with E-state index in [-0.39, 0.29) is 12.4 Å². The monoisotopic (exact) mass is 501 g/mol. The third kappa shape index (κ3) is 4.26. The van der Waals surface area contributed by atoms with Gasteiger partial charge in [0.05, 0.1) is 26.4 Å². The molecule has 0 radical (unpaired) electrons. The number of aryl methyl sites for hydroxylation is 2. The number of carbonyl (C=O) groups is 1. The number of thiophene rings is 1. The lowest BCUT2D eigenvalue weighted by Gasteiger charge is -2.12. The molecule has 0 spiro atoms. The van der Waals surface area contributed by atoms with Crippen molar-refractivity contribution in [3.05, 3.63) is 81.7 Å². The van der Waals surface area contributed by atoms with Gasteiger partial charge < -0.3 is 14.8 Å². The maximum Gasteiger partial charge on any atom is 0.308 e. The molecule has 3 heterocycles. The van der Waals surface area contributed by atoms with Crippen molar-refractivity contribution >= 4 is 34.4 Å². The van der Waals surface area contributed by atoms with Gasteiger partial charge in [0.25, 0.3) is 0 Å². The fraction of sp³-hybridized carbons (Fsp3) is 0.259. The molecule has 8 nitrogen and oxygen atoms in total. The van der Waals surface area contributed by atoms with Crippen LogP contribution >= 0.6 is 11.3 Å². The molecule has 1 N–H and O–H groups in total. The van der Waals surface area contributed by atoms with E-state index in [0.717, 1.165) is 50.4 Å². The molecule has 5 rings (SSSR count). The van der Waals surface area contributed by atoms with Gasteiger partial charge >= 0.3 is 5.97 Å². The fourth-order valence-corrected chi connectivity index (χ4v) is 5.53. The summed E-state index contributed by atoms with van der Waals surface area (Å²) in [6, 6.07) is 15.4. The van der Waals surface area contributed by atoms with E-state index in [0.29, 0.717) is 5.82 Å². The van der Waals surface area contributed by atoms with E-state index < -0.39 is 6.04 Å². The number of benzene rings is 2. The summed E-state index contributed by atoms with van der Waals surface area (Å²) in [6.45, 7) is 6.14. The number of anilines is 2. The summed E-state index contributed by atoms with van der Waals surface area (Å²) in [6.07, 6.45) is 0.0855. The molecule has 1 aliphatic rings. The Hall–Kier alpha value is -3.98. The summed E-state index contributed by atoms with van der Waals surface area (Å²) in [5.74, 6) is 1.88. The number of rotatable bonds is 6. The summed E-state index contributed by atoms with van der Waals surface area (Å²) < 4.78 is 12.2. The van der Waals surface area contributed by atoms with Crippen LogP contribution in [-0.4, -0.2) is 40.7 Å². The van der Waals surface area contributed by atoms with Crippen LogP contribution in [0.3, 0.4) is 0 Å². The van der Waals surface area contributed by atoms with E-state index in [1.807, 2.05) is 47.9 Å². The highest BCUT2D eigenvalue weighted by Crippen LogP contribution is 2.39. The van der Waals surface area contributed by atoms with Crippen molar-refractivity contribution in [3.8, 4) is 10.8 Å². The van der Waals surface area contributed by atoms with Crippen molar-refractivity contribution in [2.24, 2.45) is 4.99 Å². The van der Waals surface area contributed by atoms with Gasteiger partial charge in [-0.2, -0.15) is 0 Å². The predicted molar refractivity (Wildman–Crippen MR) is 141 cm³/mol. The molecule has 0 bridgehead atoms. The second-order valence-electron chi connectivity index (χ2n) is 8.61. The molecule has 4 aromatic rings. The van der Waals surface area contributed by atoms with Gasteiger partial charge in [-0.25, -0.2) is 0 Å². The number of aromatic nitrogens is 3. The van der Waals surface area contributed by atoms with Gasteiger partial charge in [0.15, 0.2) is 5.82 Å². The molecule has 1 atom stereocenters. The average molecular weight is 502 g/mol. The minimum atomic E-state index is -0.509. The smallest absolute Gasteiger partial charge is 0.308 e. The zero-order valence-corrected chi connectivity index (χ0v) is 21.6. The number of esters is 1. The lowest BCUT2D eigenvalue weighted by molar-refractivity contribution is -0.141. The van der Waals surface area contributed by atoms with Crippen LogP contribution in [0, 0.1) is 20.8 Å². The number of nitrogens with one attached hydrogen (secondary N) is 1. The molecular formula is C27H27N5O3S. The largest absolute Gasteiger partial charge is 0.497 e. The number of nitrogens with zero attached hydrogens (tertiary/aromatic N) is 4. The van der Waals surface area contributed by atoms with Gasteiger partial charge in [-0.05, 0) is 62.7 Å². The zero-order valence-electron chi connectivity index (χ0n) is 20.8. The van der Waals surface area contributed by atoms with Crippen molar-refractivity contribution in [1.29, 1.82) is 0 Å². The van der Waals surface area contributed by atoms with Crippen LogP contribution < -0.4 is 10.1 Å². The summed E-state index contributed by atoms with van der Waals surface area (Å²) >= 11 is 1.69. The third-order valence-electron chi connectivity index (χ3n) is 6.36. The summed E-state index contributed by atoms with van der Waals surface area (Å²) in [5.41, 5.74) is 5.92. The Bertz CT molecular complexity index is 1450. The van der Waals surface area contributed by atoms with E-state index in [1.165, 1.54) is 12.0 Å². The molecule has 36 heavy (non-hydrogen) atoms. The van der Waals surface area contributed by atoms with Gasteiger partial charge in [-0.3, -0.25) is 14.4 Å². The Balaban J connectivity index is 1.57. The fourth-order valence-electron chi connectivity index (χ4n) is 4.32. The maximum absolute atomic E-state index is 12.3. The van der Waals surface area contributed by atoms with E-state index in [1.54, 1.807) is 18.4 Å². The molecular weight excluding hydrogens is 474 g/mol. The SMILES string of the molecule is COC(=O)C[C@@H]1N=C(c2ccc(Nc3ccc(OC)cc3)cc2)c2c(sc(C)c2C)-n2c(C)nnc21. The molecule has 2 aromatic heterocycles. The van der Waals surface area contributed by atoms with E-state index in [4.69, 9.17) is 14.5 Å². The van der Waals surface area contributed by atoms with Crippen molar-refractivity contribution in [3.63, 3.8) is 0 Å². The molecule has 2 aromatic carbocycles. The first kappa shape index (κ1) is 23.7. The van der Waals surface area contributed by atoms with Gasteiger partial charge in [-0.1, -0.05) is 12.1 Å². The molecule has 9 heteroatoms. The lowest BCUT2D eigenvalue weighted by atomic mass is 9.99. The molecule has 0 aliphatic carbocycles. The molecule has 0 saturated heterocycles. The second kappa shape index (κ2) is 9.58. The number of hydrogen-bond donors (Lipinski definition) is 1. The van der Waals surface area contributed by atoms with Gasteiger partial charge in [0.2, 0.25) is 0 Å². The van der Waals surface area contributed by atoms with E-state index in [2.05, 4.69) is 41.5 Å². The van der Waals surface area contributed by atoms with Crippen LogP contribution in [0.5, 0.6) is 5.75 Å². The zero-order chi connectivity index (χ0) is 25.4.